The molecule has 0 amide bonds. The monoisotopic (exact) mass is 528 g/mol. The highest BCUT2D eigenvalue weighted by Crippen LogP contribution is 2.35. The molecule has 38 heavy (non-hydrogen) atoms. The summed E-state index contributed by atoms with van der Waals surface area (Å²) in [6.45, 7) is 11.1. The second kappa shape index (κ2) is 9.44. The summed E-state index contributed by atoms with van der Waals surface area (Å²) < 4.78 is 33.8. The molecule has 3 heterocycles. The van der Waals surface area contributed by atoms with E-state index in [2.05, 4.69) is 44.9 Å². The number of hydrogen-bond acceptors (Lipinski definition) is 6. The summed E-state index contributed by atoms with van der Waals surface area (Å²) in [5, 5.41) is 4.45. The van der Waals surface area contributed by atoms with E-state index in [1.165, 1.54) is 6.07 Å². The summed E-state index contributed by atoms with van der Waals surface area (Å²) in [6.07, 6.45) is 4.51. The molecule has 0 spiro atoms. The zero-order chi connectivity index (χ0) is 27.1. The number of nitrogens with zero attached hydrogens (tertiary/aromatic N) is 3. The maximum Gasteiger partial charge on any atom is 0.341 e. The Kier molecular flexibility index (Phi) is 6.39. The summed E-state index contributed by atoms with van der Waals surface area (Å²) in [7, 11) is -4.08. The first-order valence-corrected chi connectivity index (χ1v) is 14.0. The molecular weight excluding hydrogens is 496 g/mol. The van der Waals surface area contributed by atoms with Crippen LogP contribution in [0.3, 0.4) is 0 Å². The third-order valence-corrected chi connectivity index (χ3v) is 7.44. The molecule has 1 N–H and O–H groups in total. The van der Waals surface area contributed by atoms with Crippen LogP contribution in [-0.4, -0.2) is 28.3 Å². The molecule has 0 aliphatic heterocycles. The van der Waals surface area contributed by atoms with Gasteiger partial charge in [0, 0.05) is 28.9 Å². The lowest BCUT2D eigenvalue weighted by Crippen LogP contribution is -2.36. The van der Waals surface area contributed by atoms with E-state index in [0.717, 1.165) is 34.5 Å². The molecule has 196 valence electrons. The highest BCUT2D eigenvalue weighted by Gasteiger charge is 2.28. The van der Waals surface area contributed by atoms with Crippen molar-refractivity contribution in [2.75, 3.05) is 5.32 Å². The van der Waals surface area contributed by atoms with E-state index in [9.17, 15) is 8.42 Å². The lowest BCUT2D eigenvalue weighted by Gasteiger charge is -2.34. The SMILES string of the molecule is CC(C)(C)CC(C)(C)Nc1c(-c2ccc(OS(=O)(=O)c3cccc4cccnc34)cc2)nc2ccccn12. The molecule has 0 radical (unpaired) electrons. The molecule has 8 heteroatoms. The highest BCUT2D eigenvalue weighted by atomic mass is 32.2. The van der Waals surface area contributed by atoms with Crippen molar-refractivity contribution in [2.45, 2.75) is 51.5 Å². The van der Waals surface area contributed by atoms with Crippen LogP contribution in [0.5, 0.6) is 5.75 Å². The lowest BCUT2D eigenvalue weighted by atomic mass is 9.82. The zero-order valence-corrected chi connectivity index (χ0v) is 23.1. The lowest BCUT2D eigenvalue weighted by molar-refractivity contribution is 0.302. The molecule has 0 fully saturated rings. The Morgan fingerprint density at radius 2 is 1.63 bits per heavy atom. The molecule has 0 aliphatic rings. The quantitative estimate of drug-likeness (QED) is 0.230. The maximum atomic E-state index is 13.1. The number of pyridine rings is 2. The van der Waals surface area contributed by atoms with Gasteiger partial charge < -0.3 is 9.50 Å². The molecule has 0 unspecified atom stereocenters. The second-order valence-corrected chi connectivity index (χ2v) is 12.9. The maximum absolute atomic E-state index is 13.1. The Bertz CT molecular complexity index is 1710. The van der Waals surface area contributed by atoms with Crippen LogP contribution in [0.2, 0.25) is 0 Å². The van der Waals surface area contributed by atoms with Gasteiger partial charge in [-0.2, -0.15) is 8.42 Å². The van der Waals surface area contributed by atoms with Crippen LogP contribution in [0.1, 0.15) is 41.0 Å². The molecule has 0 bridgehead atoms. The van der Waals surface area contributed by atoms with Gasteiger partial charge in [0.25, 0.3) is 0 Å². The Balaban J connectivity index is 1.47. The Morgan fingerprint density at radius 3 is 2.37 bits per heavy atom. The number of imidazole rings is 1. The van der Waals surface area contributed by atoms with Gasteiger partial charge in [0.2, 0.25) is 0 Å². The molecule has 7 nitrogen and oxygen atoms in total. The van der Waals surface area contributed by atoms with Crippen LogP contribution >= 0.6 is 0 Å². The van der Waals surface area contributed by atoms with E-state index in [0.29, 0.717) is 5.52 Å². The van der Waals surface area contributed by atoms with Crippen molar-refractivity contribution in [3.05, 3.63) is 85.2 Å². The Hall–Kier alpha value is -3.91. The summed E-state index contributed by atoms with van der Waals surface area (Å²) in [6, 6.07) is 21.5. The molecular formula is C30H32N4O3S. The molecule has 3 aromatic heterocycles. The molecule has 2 aromatic carbocycles. The predicted molar refractivity (Wildman–Crippen MR) is 152 cm³/mol. The fraction of sp³-hybridized carbons (Fsp3) is 0.267. The number of nitrogens with one attached hydrogen (secondary N) is 1. The average molecular weight is 529 g/mol. The minimum atomic E-state index is -4.08. The summed E-state index contributed by atoms with van der Waals surface area (Å²) in [5.74, 6) is 1.10. The fourth-order valence-electron chi connectivity index (χ4n) is 5.12. The third-order valence-electron chi connectivity index (χ3n) is 6.16. The van der Waals surface area contributed by atoms with Gasteiger partial charge in [-0.15, -0.1) is 0 Å². The summed E-state index contributed by atoms with van der Waals surface area (Å²) >= 11 is 0. The highest BCUT2D eigenvalue weighted by molar-refractivity contribution is 7.87. The first-order chi connectivity index (χ1) is 17.9. The molecule has 5 aromatic rings. The average Bonchev–Trinajstić information content (AvgIpc) is 3.20. The van der Waals surface area contributed by atoms with Gasteiger partial charge in [0.15, 0.2) is 0 Å². The Morgan fingerprint density at radius 1 is 0.895 bits per heavy atom. The van der Waals surface area contributed by atoms with Gasteiger partial charge in [0.05, 0.1) is 5.52 Å². The van der Waals surface area contributed by atoms with Gasteiger partial charge in [-0.3, -0.25) is 9.38 Å². The minimum Gasteiger partial charge on any atom is -0.379 e. The van der Waals surface area contributed by atoms with Crippen molar-refractivity contribution in [3.63, 3.8) is 0 Å². The molecule has 0 saturated carbocycles. The number of anilines is 1. The second-order valence-electron chi connectivity index (χ2n) is 11.4. The van der Waals surface area contributed by atoms with Gasteiger partial charge >= 0.3 is 10.1 Å². The normalized spacial score (nSPS) is 12.7. The standard InChI is InChI=1S/C30H32N4O3S/c1-29(2,3)20-30(4,5)33-28-27(32-25-13-6-7-19-34(25)28)22-14-16-23(17-15-22)37-38(35,36)24-12-8-10-21-11-9-18-31-26(21)24/h6-19,33H,20H2,1-5H3. The van der Waals surface area contributed by atoms with Gasteiger partial charge in [-0.25, -0.2) is 4.98 Å². The predicted octanol–water partition coefficient (Wildman–Crippen LogP) is 6.94. The molecule has 0 saturated heterocycles. The number of para-hydroxylation sites is 1. The minimum absolute atomic E-state index is 0.0348. The van der Waals surface area contributed by atoms with Crippen molar-refractivity contribution in [1.29, 1.82) is 0 Å². The van der Waals surface area contributed by atoms with E-state index in [1.54, 1.807) is 30.5 Å². The van der Waals surface area contributed by atoms with Crippen molar-refractivity contribution >= 4 is 32.5 Å². The van der Waals surface area contributed by atoms with E-state index in [1.807, 2.05) is 53.1 Å². The number of benzene rings is 2. The zero-order valence-electron chi connectivity index (χ0n) is 22.3. The summed E-state index contributed by atoms with van der Waals surface area (Å²) in [4.78, 5) is 9.17. The first-order valence-electron chi connectivity index (χ1n) is 12.6. The van der Waals surface area contributed by atoms with Gasteiger partial charge in [-0.05, 0) is 74.2 Å². The van der Waals surface area contributed by atoms with Crippen molar-refractivity contribution in [3.8, 4) is 17.0 Å². The largest absolute Gasteiger partial charge is 0.379 e. The Labute approximate surface area is 223 Å². The van der Waals surface area contributed by atoms with Crippen molar-refractivity contribution in [1.82, 2.24) is 14.4 Å². The fourth-order valence-corrected chi connectivity index (χ4v) is 6.23. The van der Waals surface area contributed by atoms with Gasteiger partial charge in [0.1, 0.15) is 27.8 Å². The van der Waals surface area contributed by atoms with Crippen LogP contribution in [0, 0.1) is 5.41 Å². The van der Waals surface area contributed by atoms with Gasteiger partial charge in [-0.1, -0.05) is 45.0 Å². The van der Waals surface area contributed by atoms with Crippen LogP contribution in [0.25, 0.3) is 27.8 Å². The van der Waals surface area contributed by atoms with Crippen LogP contribution in [0.4, 0.5) is 5.82 Å². The smallest absolute Gasteiger partial charge is 0.341 e. The number of rotatable bonds is 7. The number of aromatic nitrogens is 3. The first kappa shape index (κ1) is 25.7. The van der Waals surface area contributed by atoms with E-state index < -0.39 is 10.1 Å². The molecule has 0 atom stereocenters. The van der Waals surface area contributed by atoms with Crippen LogP contribution in [0.15, 0.2) is 90.1 Å². The summed E-state index contributed by atoms with van der Waals surface area (Å²) in [5.41, 5.74) is 2.78. The van der Waals surface area contributed by atoms with E-state index in [-0.39, 0.29) is 21.6 Å². The van der Waals surface area contributed by atoms with E-state index in [4.69, 9.17) is 9.17 Å². The van der Waals surface area contributed by atoms with E-state index >= 15 is 0 Å². The topological polar surface area (TPSA) is 85.6 Å². The van der Waals surface area contributed by atoms with Crippen LogP contribution < -0.4 is 9.50 Å². The van der Waals surface area contributed by atoms with Crippen molar-refractivity contribution < 1.29 is 12.6 Å². The molecule has 5 rings (SSSR count). The third kappa shape index (κ3) is 5.36. The molecule has 0 aliphatic carbocycles. The number of hydrogen-bond donors (Lipinski definition) is 1. The van der Waals surface area contributed by atoms with Crippen LogP contribution in [-0.2, 0) is 10.1 Å². The number of fused-ring (bicyclic) bond motifs is 2. The van der Waals surface area contributed by atoms with Crippen molar-refractivity contribution in [2.24, 2.45) is 5.41 Å².